The minimum Gasteiger partial charge on any atom is -0.454 e. The molecule has 0 radical (unpaired) electrons. The predicted octanol–water partition coefficient (Wildman–Crippen LogP) is 3.05. The summed E-state index contributed by atoms with van der Waals surface area (Å²) in [5.41, 5.74) is 0.103. The van der Waals surface area contributed by atoms with E-state index in [4.69, 9.17) is 9.47 Å². The van der Waals surface area contributed by atoms with Gasteiger partial charge in [-0.05, 0) is 24.1 Å². The number of ketones is 1. The first-order chi connectivity index (χ1) is 16.9. The molecule has 9 nitrogen and oxygen atoms in total. The Labute approximate surface area is 200 Å². The number of rotatable bonds is 6. The van der Waals surface area contributed by atoms with Gasteiger partial charge in [0.2, 0.25) is 12.7 Å². The molecular formula is C26H21N3O6. The Bertz CT molecular complexity index is 1300. The number of benzene rings is 3. The second-order valence-electron chi connectivity index (χ2n) is 8.16. The molecule has 2 aliphatic heterocycles. The van der Waals surface area contributed by atoms with Crippen LogP contribution in [0, 0.1) is 0 Å². The molecule has 176 valence electrons. The third-order valence-electron chi connectivity index (χ3n) is 5.99. The molecule has 0 spiro atoms. The summed E-state index contributed by atoms with van der Waals surface area (Å²) in [6, 6.07) is 20.0. The predicted molar refractivity (Wildman–Crippen MR) is 125 cm³/mol. The maximum Gasteiger partial charge on any atom is 0.326 e. The number of anilines is 1. The number of nitrogens with one attached hydrogen (secondary N) is 2. The fourth-order valence-corrected chi connectivity index (χ4v) is 4.32. The molecule has 2 aliphatic rings. The summed E-state index contributed by atoms with van der Waals surface area (Å²) in [6.07, 6.45) is 0. The monoisotopic (exact) mass is 471 g/mol. The topological polar surface area (TPSA) is 114 Å². The highest BCUT2D eigenvalue weighted by Crippen LogP contribution is 2.38. The number of imide groups is 1. The average molecular weight is 471 g/mol. The van der Waals surface area contributed by atoms with Gasteiger partial charge in [-0.3, -0.25) is 19.3 Å². The lowest BCUT2D eigenvalue weighted by molar-refractivity contribution is -0.133. The molecule has 5 rings (SSSR count). The van der Waals surface area contributed by atoms with Crippen molar-refractivity contribution in [3.05, 3.63) is 89.5 Å². The van der Waals surface area contributed by atoms with Gasteiger partial charge in [0, 0.05) is 11.6 Å². The number of carbonyl (C=O) groups is 4. The van der Waals surface area contributed by atoms with E-state index in [9.17, 15) is 19.2 Å². The van der Waals surface area contributed by atoms with Gasteiger partial charge >= 0.3 is 6.03 Å². The van der Waals surface area contributed by atoms with Crippen molar-refractivity contribution in [3.63, 3.8) is 0 Å². The number of hydrogen-bond acceptors (Lipinski definition) is 6. The highest BCUT2D eigenvalue weighted by Gasteiger charge is 2.54. The SMILES string of the molecule is CC(=O)c1cc2c(cc1NC(=O)CN1C(=O)NC(c3ccccc3)(c3ccccc3)C1=O)OCO2. The molecule has 0 aliphatic carbocycles. The first-order valence-electron chi connectivity index (χ1n) is 10.9. The molecule has 9 heteroatoms. The normalized spacial score (nSPS) is 15.6. The Balaban J connectivity index is 1.44. The van der Waals surface area contributed by atoms with E-state index in [1.54, 1.807) is 48.5 Å². The molecule has 0 aromatic heterocycles. The summed E-state index contributed by atoms with van der Waals surface area (Å²) >= 11 is 0. The van der Waals surface area contributed by atoms with E-state index >= 15 is 0 Å². The van der Waals surface area contributed by atoms with Gasteiger partial charge in [0.25, 0.3) is 5.91 Å². The number of carbonyl (C=O) groups excluding carboxylic acids is 4. The van der Waals surface area contributed by atoms with Crippen molar-refractivity contribution in [2.75, 3.05) is 18.7 Å². The molecule has 0 bridgehead atoms. The van der Waals surface area contributed by atoms with Crippen LogP contribution in [-0.4, -0.2) is 41.9 Å². The van der Waals surface area contributed by atoms with Crippen LogP contribution in [0.25, 0.3) is 0 Å². The molecule has 3 aromatic carbocycles. The zero-order valence-corrected chi connectivity index (χ0v) is 18.7. The van der Waals surface area contributed by atoms with Gasteiger partial charge in [-0.2, -0.15) is 0 Å². The maximum absolute atomic E-state index is 13.7. The van der Waals surface area contributed by atoms with Gasteiger partial charge < -0.3 is 20.1 Å². The largest absolute Gasteiger partial charge is 0.454 e. The van der Waals surface area contributed by atoms with E-state index in [1.165, 1.54) is 19.1 Å². The van der Waals surface area contributed by atoms with Crippen LogP contribution in [0.4, 0.5) is 10.5 Å². The number of hydrogen-bond donors (Lipinski definition) is 2. The third kappa shape index (κ3) is 3.76. The number of amides is 4. The smallest absolute Gasteiger partial charge is 0.326 e. The van der Waals surface area contributed by atoms with Crippen LogP contribution in [0.2, 0.25) is 0 Å². The molecular weight excluding hydrogens is 450 g/mol. The fraction of sp³-hybridized carbons (Fsp3) is 0.154. The first kappa shape index (κ1) is 22.1. The summed E-state index contributed by atoms with van der Waals surface area (Å²) in [5, 5.41) is 5.43. The van der Waals surface area contributed by atoms with E-state index in [1.807, 2.05) is 12.1 Å². The van der Waals surface area contributed by atoms with E-state index in [0.29, 0.717) is 22.6 Å². The molecule has 0 unspecified atom stereocenters. The molecule has 1 fully saturated rings. The second-order valence-corrected chi connectivity index (χ2v) is 8.16. The van der Waals surface area contributed by atoms with Crippen molar-refractivity contribution in [3.8, 4) is 11.5 Å². The van der Waals surface area contributed by atoms with Crippen molar-refractivity contribution in [1.82, 2.24) is 10.2 Å². The van der Waals surface area contributed by atoms with Crippen LogP contribution in [0.3, 0.4) is 0 Å². The highest BCUT2D eigenvalue weighted by atomic mass is 16.7. The van der Waals surface area contributed by atoms with Crippen LogP contribution >= 0.6 is 0 Å². The lowest BCUT2D eigenvalue weighted by Crippen LogP contribution is -2.45. The number of fused-ring (bicyclic) bond motifs is 1. The number of urea groups is 1. The lowest BCUT2D eigenvalue weighted by atomic mass is 9.82. The summed E-state index contributed by atoms with van der Waals surface area (Å²) < 4.78 is 10.6. The van der Waals surface area contributed by atoms with E-state index < -0.39 is 29.9 Å². The van der Waals surface area contributed by atoms with Crippen LogP contribution in [0.1, 0.15) is 28.4 Å². The van der Waals surface area contributed by atoms with Crippen LogP contribution in [-0.2, 0) is 15.1 Å². The van der Waals surface area contributed by atoms with E-state index in [2.05, 4.69) is 10.6 Å². The van der Waals surface area contributed by atoms with Crippen LogP contribution in [0.15, 0.2) is 72.8 Å². The number of Topliss-reactive ketones (excluding diaryl/α,β-unsaturated/α-hetero) is 1. The van der Waals surface area contributed by atoms with Gasteiger partial charge in [-0.25, -0.2) is 4.79 Å². The third-order valence-corrected chi connectivity index (χ3v) is 5.99. The molecule has 2 N–H and O–H groups in total. The molecule has 2 heterocycles. The Hall–Kier alpha value is -4.66. The van der Waals surface area contributed by atoms with Crippen molar-refractivity contribution < 1.29 is 28.7 Å². The molecule has 1 saturated heterocycles. The molecule has 0 atom stereocenters. The Kier molecular flexibility index (Phi) is 5.44. The number of nitrogens with zero attached hydrogens (tertiary/aromatic N) is 1. The highest BCUT2D eigenvalue weighted by molar-refractivity contribution is 6.13. The minimum absolute atomic E-state index is 0.00752. The summed E-state index contributed by atoms with van der Waals surface area (Å²) in [6.45, 7) is 0.824. The lowest BCUT2D eigenvalue weighted by Gasteiger charge is -2.28. The summed E-state index contributed by atoms with van der Waals surface area (Å²) in [4.78, 5) is 52.7. The zero-order chi connectivity index (χ0) is 24.6. The molecule has 0 saturated carbocycles. The van der Waals surface area contributed by atoms with E-state index in [0.717, 1.165) is 4.90 Å². The fourth-order valence-electron chi connectivity index (χ4n) is 4.32. The average Bonchev–Trinajstić information content (AvgIpc) is 3.42. The quantitative estimate of drug-likeness (QED) is 0.422. The maximum atomic E-state index is 13.7. The second kappa shape index (κ2) is 8.60. The van der Waals surface area contributed by atoms with E-state index in [-0.39, 0.29) is 23.8 Å². The van der Waals surface area contributed by atoms with Crippen molar-refractivity contribution in [2.45, 2.75) is 12.5 Å². The summed E-state index contributed by atoms with van der Waals surface area (Å²) in [5.74, 6) is -0.731. The van der Waals surface area contributed by atoms with Crippen molar-refractivity contribution in [2.24, 2.45) is 0 Å². The standard InChI is InChI=1S/C26H21N3O6/c1-16(30)19-12-21-22(35-15-34-21)13-20(19)27-23(31)14-29-24(32)26(28-25(29)33,17-8-4-2-5-9-17)18-10-6-3-7-11-18/h2-13H,14-15H2,1H3,(H,27,31)(H,28,33). The molecule has 3 aromatic rings. The van der Waals surface area contributed by atoms with Gasteiger partial charge in [-0.15, -0.1) is 0 Å². The Morgan fingerprint density at radius 3 is 2.09 bits per heavy atom. The van der Waals surface area contributed by atoms with Crippen molar-refractivity contribution >= 4 is 29.3 Å². The molecule has 35 heavy (non-hydrogen) atoms. The van der Waals surface area contributed by atoms with Gasteiger partial charge in [-0.1, -0.05) is 60.7 Å². The number of ether oxygens (including phenoxy) is 2. The Morgan fingerprint density at radius 2 is 1.51 bits per heavy atom. The van der Waals surface area contributed by atoms with Gasteiger partial charge in [0.15, 0.2) is 22.8 Å². The minimum atomic E-state index is -1.47. The van der Waals surface area contributed by atoms with Crippen LogP contribution < -0.4 is 20.1 Å². The molecule has 4 amide bonds. The summed E-state index contributed by atoms with van der Waals surface area (Å²) in [7, 11) is 0. The van der Waals surface area contributed by atoms with Gasteiger partial charge in [0.05, 0.1) is 5.69 Å². The zero-order valence-electron chi connectivity index (χ0n) is 18.7. The Morgan fingerprint density at radius 1 is 0.943 bits per heavy atom. The van der Waals surface area contributed by atoms with Gasteiger partial charge in [0.1, 0.15) is 6.54 Å². The first-order valence-corrected chi connectivity index (χ1v) is 10.9. The van der Waals surface area contributed by atoms with Crippen molar-refractivity contribution in [1.29, 1.82) is 0 Å². The van der Waals surface area contributed by atoms with Crippen LogP contribution in [0.5, 0.6) is 11.5 Å².